The molecule has 0 saturated carbocycles. The summed E-state index contributed by atoms with van der Waals surface area (Å²) in [5.74, 6) is 0.555. The van der Waals surface area contributed by atoms with Gasteiger partial charge in [-0.25, -0.2) is 0 Å². The van der Waals surface area contributed by atoms with Gasteiger partial charge in [-0.1, -0.05) is 31.2 Å². The molecule has 1 aromatic heterocycles. The summed E-state index contributed by atoms with van der Waals surface area (Å²) in [6.07, 6.45) is 4.08. The van der Waals surface area contributed by atoms with E-state index >= 15 is 0 Å². The number of ether oxygens (including phenoxy) is 1. The molecule has 0 fully saturated rings. The number of nitrogens with zero attached hydrogens (tertiary/aromatic N) is 1. The minimum Gasteiger partial charge on any atom is -0.492 e. The summed E-state index contributed by atoms with van der Waals surface area (Å²) in [6.45, 7) is 3.11. The van der Waals surface area contributed by atoms with Crippen LogP contribution >= 0.6 is 0 Å². The number of aromatic nitrogens is 1. The molecule has 0 radical (unpaired) electrons. The molecule has 0 atom stereocenters. The SMILES string of the molecule is CCCOc1cncc(C(=O)c2ccc(CN)cc2)c1. The van der Waals surface area contributed by atoms with E-state index in [1.165, 1.54) is 0 Å². The second-order valence-corrected chi connectivity index (χ2v) is 4.49. The molecule has 2 N–H and O–H groups in total. The molecule has 0 amide bonds. The number of carbonyl (C=O) groups excluding carboxylic acids is 1. The monoisotopic (exact) mass is 270 g/mol. The molecule has 0 aliphatic carbocycles. The highest BCUT2D eigenvalue weighted by atomic mass is 16.5. The van der Waals surface area contributed by atoms with Crippen molar-refractivity contribution >= 4 is 5.78 Å². The number of hydrogen-bond acceptors (Lipinski definition) is 4. The first-order valence-electron chi connectivity index (χ1n) is 6.66. The highest BCUT2D eigenvalue weighted by Crippen LogP contribution is 2.16. The molecule has 0 aliphatic rings. The van der Waals surface area contributed by atoms with E-state index in [1.54, 1.807) is 30.6 Å². The van der Waals surface area contributed by atoms with Crippen molar-refractivity contribution in [3.63, 3.8) is 0 Å². The molecule has 104 valence electrons. The van der Waals surface area contributed by atoms with Crippen molar-refractivity contribution in [3.05, 3.63) is 59.4 Å². The number of pyridine rings is 1. The Labute approximate surface area is 118 Å². The van der Waals surface area contributed by atoms with Crippen LogP contribution in [0.2, 0.25) is 0 Å². The summed E-state index contributed by atoms with van der Waals surface area (Å²) in [6, 6.07) is 9.01. The lowest BCUT2D eigenvalue weighted by atomic mass is 10.0. The minimum atomic E-state index is -0.0666. The number of ketones is 1. The summed E-state index contributed by atoms with van der Waals surface area (Å²) in [5, 5.41) is 0. The van der Waals surface area contributed by atoms with Crippen LogP contribution in [0.1, 0.15) is 34.8 Å². The molecule has 4 nitrogen and oxygen atoms in total. The van der Waals surface area contributed by atoms with Crippen molar-refractivity contribution in [2.45, 2.75) is 19.9 Å². The first-order chi connectivity index (χ1) is 9.74. The van der Waals surface area contributed by atoms with E-state index in [0.717, 1.165) is 12.0 Å². The lowest BCUT2D eigenvalue weighted by Crippen LogP contribution is -2.04. The van der Waals surface area contributed by atoms with Crippen molar-refractivity contribution < 1.29 is 9.53 Å². The summed E-state index contributed by atoms with van der Waals surface area (Å²) in [5.41, 5.74) is 7.69. The Hall–Kier alpha value is -2.20. The number of benzene rings is 1. The van der Waals surface area contributed by atoms with E-state index < -0.39 is 0 Å². The molecule has 0 spiro atoms. The Bertz CT molecular complexity index is 579. The second-order valence-electron chi connectivity index (χ2n) is 4.49. The number of carbonyl (C=O) groups is 1. The lowest BCUT2D eigenvalue weighted by molar-refractivity contribution is 0.103. The van der Waals surface area contributed by atoms with Gasteiger partial charge in [-0.2, -0.15) is 0 Å². The van der Waals surface area contributed by atoms with E-state index in [0.29, 0.717) is 30.0 Å². The molecular weight excluding hydrogens is 252 g/mol. The predicted octanol–water partition coefficient (Wildman–Crippen LogP) is 2.56. The lowest BCUT2D eigenvalue weighted by Gasteiger charge is -2.06. The molecule has 20 heavy (non-hydrogen) atoms. The standard InChI is InChI=1S/C16H18N2O2/c1-2-7-20-15-8-14(10-18-11-15)16(19)13-5-3-12(9-17)4-6-13/h3-6,8,10-11H,2,7,9,17H2,1H3. The molecule has 0 bridgehead atoms. The first-order valence-corrected chi connectivity index (χ1v) is 6.66. The van der Waals surface area contributed by atoms with Crippen LogP contribution in [0.25, 0.3) is 0 Å². The Balaban J connectivity index is 2.19. The van der Waals surface area contributed by atoms with Gasteiger partial charge in [0.15, 0.2) is 5.78 Å². The third kappa shape index (κ3) is 3.42. The van der Waals surface area contributed by atoms with Crippen LogP contribution in [0.4, 0.5) is 0 Å². The largest absolute Gasteiger partial charge is 0.492 e. The molecule has 0 aliphatic heterocycles. The smallest absolute Gasteiger partial charge is 0.194 e. The second kappa shape index (κ2) is 6.82. The van der Waals surface area contributed by atoms with Gasteiger partial charge in [-0.05, 0) is 18.1 Å². The van der Waals surface area contributed by atoms with Crippen molar-refractivity contribution in [1.82, 2.24) is 4.98 Å². The van der Waals surface area contributed by atoms with E-state index in [1.807, 2.05) is 19.1 Å². The molecule has 1 heterocycles. The zero-order valence-electron chi connectivity index (χ0n) is 11.5. The van der Waals surface area contributed by atoms with Gasteiger partial charge in [0, 0.05) is 23.9 Å². The van der Waals surface area contributed by atoms with Gasteiger partial charge in [-0.15, -0.1) is 0 Å². The first kappa shape index (κ1) is 14.2. The highest BCUT2D eigenvalue weighted by Gasteiger charge is 2.10. The number of nitrogens with two attached hydrogens (primary N) is 1. The molecule has 2 rings (SSSR count). The van der Waals surface area contributed by atoms with Gasteiger partial charge in [0.05, 0.1) is 12.8 Å². The van der Waals surface area contributed by atoms with Crippen LogP contribution in [0.15, 0.2) is 42.7 Å². The number of hydrogen-bond donors (Lipinski definition) is 1. The third-order valence-electron chi connectivity index (χ3n) is 2.90. The molecule has 0 unspecified atom stereocenters. The minimum absolute atomic E-state index is 0.0666. The fourth-order valence-corrected chi connectivity index (χ4v) is 1.80. The Kier molecular flexibility index (Phi) is 4.85. The van der Waals surface area contributed by atoms with Crippen LogP contribution in [-0.2, 0) is 6.54 Å². The average molecular weight is 270 g/mol. The summed E-state index contributed by atoms with van der Waals surface area (Å²) in [7, 11) is 0. The van der Waals surface area contributed by atoms with Crippen molar-refractivity contribution in [2.24, 2.45) is 5.73 Å². The maximum Gasteiger partial charge on any atom is 0.194 e. The normalized spacial score (nSPS) is 10.3. The van der Waals surface area contributed by atoms with Crippen LogP contribution in [0, 0.1) is 0 Å². The Morgan fingerprint density at radius 2 is 1.95 bits per heavy atom. The van der Waals surface area contributed by atoms with Crippen LogP contribution < -0.4 is 10.5 Å². The number of rotatable bonds is 6. The van der Waals surface area contributed by atoms with Gasteiger partial charge >= 0.3 is 0 Å². The highest BCUT2D eigenvalue weighted by molar-refractivity contribution is 6.08. The fourth-order valence-electron chi connectivity index (χ4n) is 1.80. The molecule has 4 heteroatoms. The van der Waals surface area contributed by atoms with Gasteiger partial charge in [0.1, 0.15) is 5.75 Å². The van der Waals surface area contributed by atoms with Crippen LogP contribution in [-0.4, -0.2) is 17.4 Å². The third-order valence-corrected chi connectivity index (χ3v) is 2.90. The Morgan fingerprint density at radius 1 is 1.20 bits per heavy atom. The van der Waals surface area contributed by atoms with Crippen molar-refractivity contribution in [3.8, 4) is 5.75 Å². The van der Waals surface area contributed by atoms with E-state index in [2.05, 4.69) is 4.98 Å². The Morgan fingerprint density at radius 3 is 2.60 bits per heavy atom. The predicted molar refractivity (Wildman–Crippen MR) is 77.8 cm³/mol. The van der Waals surface area contributed by atoms with E-state index in [-0.39, 0.29) is 5.78 Å². The topological polar surface area (TPSA) is 65.2 Å². The summed E-state index contributed by atoms with van der Waals surface area (Å²) >= 11 is 0. The van der Waals surface area contributed by atoms with Crippen LogP contribution in [0.5, 0.6) is 5.75 Å². The molecule has 2 aromatic rings. The van der Waals surface area contributed by atoms with E-state index in [4.69, 9.17) is 10.5 Å². The van der Waals surface area contributed by atoms with E-state index in [9.17, 15) is 4.79 Å². The summed E-state index contributed by atoms with van der Waals surface area (Å²) < 4.78 is 5.49. The quantitative estimate of drug-likeness (QED) is 0.819. The maximum absolute atomic E-state index is 12.3. The molecular formula is C16H18N2O2. The van der Waals surface area contributed by atoms with Gasteiger partial charge < -0.3 is 10.5 Å². The molecule has 0 saturated heterocycles. The van der Waals surface area contributed by atoms with Crippen molar-refractivity contribution in [2.75, 3.05) is 6.61 Å². The van der Waals surface area contributed by atoms with Gasteiger partial charge in [0.25, 0.3) is 0 Å². The van der Waals surface area contributed by atoms with Gasteiger partial charge in [-0.3, -0.25) is 9.78 Å². The van der Waals surface area contributed by atoms with Crippen molar-refractivity contribution in [1.29, 1.82) is 0 Å². The fraction of sp³-hybridized carbons (Fsp3) is 0.250. The summed E-state index contributed by atoms with van der Waals surface area (Å²) in [4.78, 5) is 16.4. The van der Waals surface area contributed by atoms with Gasteiger partial charge in [0.2, 0.25) is 0 Å². The maximum atomic E-state index is 12.3. The average Bonchev–Trinajstić information content (AvgIpc) is 2.52. The zero-order chi connectivity index (χ0) is 14.4. The molecule has 1 aromatic carbocycles. The zero-order valence-corrected chi connectivity index (χ0v) is 11.5. The van der Waals surface area contributed by atoms with Crippen LogP contribution in [0.3, 0.4) is 0 Å².